The number of hydrogen-bond acceptors (Lipinski definition) is 3. The maximum absolute atomic E-state index is 12.0. The van der Waals surface area contributed by atoms with Gasteiger partial charge >= 0.3 is 0 Å². The summed E-state index contributed by atoms with van der Waals surface area (Å²) in [6.45, 7) is 0.251. The van der Waals surface area contributed by atoms with E-state index in [1.807, 2.05) is 12.1 Å². The van der Waals surface area contributed by atoms with Gasteiger partial charge in [-0.05, 0) is 30.3 Å². The van der Waals surface area contributed by atoms with Crippen LogP contribution in [0.5, 0.6) is 0 Å². The average molecular weight is 304 g/mol. The van der Waals surface area contributed by atoms with Gasteiger partial charge in [0.25, 0.3) is 5.91 Å². The fourth-order valence-corrected chi connectivity index (χ4v) is 1.98. The minimum Gasteiger partial charge on any atom is -0.469 e. The summed E-state index contributed by atoms with van der Waals surface area (Å²) < 4.78 is 5.19. The highest BCUT2D eigenvalue weighted by Gasteiger charge is 2.08. The Morgan fingerprint density at radius 1 is 1.38 bits per heavy atom. The lowest BCUT2D eigenvalue weighted by atomic mass is 10.1. The van der Waals surface area contributed by atoms with Crippen molar-refractivity contribution in [2.75, 3.05) is 13.2 Å². The molecule has 0 aliphatic carbocycles. The van der Waals surface area contributed by atoms with Crippen molar-refractivity contribution in [1.29, 1.82) is 0 Å². The third-order valence-corrected chi connectivity index (χ3v) is 3.08. The molecule has 21 heavy (non-hydrogen) atoms. The molecule has 0 saturated carbocycles. The van der Waals surface area contributed by atoms with Crippen molar-refractivity contribution in [2.24, 2.45) is 0 Å². The van der Waals surface area contributed by atoms with E-state index in [4.69, 9.17) is 21.1 Å². The monoisotopic (exact) mass is 303 g/mol. The lowest BCUT2D eigenvalue weighted by Gasteiger charge is -2.05. The van der Waals surface area contributed by atoms with Crippen LogP contribution < -0.4 is 5.32 Å². The maximum Gasteiger partial charge on any atom is 0.251 e. The highest BCUT2D eigenvalue weighted by molar-refractivity contribution is 6.32. The zero-order valence-corrected chi connectivity index (χ0v) is 12.0. The number of nitrogens with one attached hydrogen (secondary N) is 1. The maximum atomic E-state index is 12.0. The first-order chi connectivity index (χ1) is 10.2. The molecule has 0 bridgehead atoms. The Labute approximate surface area is 127 Å². The first-order valence-corrected chi connectivity index (χ1v) is 6.78. The Balaban J connectivity index is 1.94. The molecular formula is C16H14ClNO3. The average Bonchev–Trinajstić information content (AvgIpc) is 2.99. The summed E-state index contributed by atoms with van der Waals surface area (Å²) in [4.78, 5) is 12.0. The lowest BCUT2D eigenvalue weighted by molar-refractivity contribution is 0.0953. The van der Waals surface area contributed by atoms with Crippen LogP contribution in [0.15, 0.2) is 41.0 Å². The van der Waals surface area contributed by atoms with E-state index in [1.54, 1.807) is 24.5 Å². The molecule has 0 spiro atoms. The quantitative estimate of drug-likeness (QED) is 0.852. The number of aliphatic hydroxyl groups is 1. The molecule has 0 aliphatic rings. The molecule has 2 rings (SSSR count). The molecule has 1 heterocycles. The molecule has 2 N–H and O–H groups in total. The molecule has 0 saturated heterocycles. The molecule has 0 unspecified atom stereocenters. The van der Waals surface area contributed by atoms with E-state index in [-0.39, 0.29) is 12.5 Å². The van der Waals surface area contributed by atoms with Gasteiger partial charge in [0.2, 0.25) is 0 Å². The number of amides is 1. The molecule has 1 aromatic heterocycles. The van der Waals surface area contributed by atoms with Crippen molar-refractivity contribution >= 4 is 17.5 Å². The highest BCUT2D eigenvalue weighted by Crippen LogP contribution is 2.17. The highest BCUT2D eigenvalue weighted by atomic mass is 35.5. The summed E-state index contributed by atoms with van der Waals surface area (Å²) >= 11 is 6.05. The number of rotatable bonds is 4. The Morgan fingerprint density at radius 2 is 2.24 bits per heavy atom. The van der Waals surface area contributed by atoms with Gasteiger partial charge in [-0.15, -0.1) is 0 Å². The molecule has 0 atom stereocenters. The van der Waals surface area contributed by atoms with Crippen molar-refractivity contribution in [3.05, 3.63) is 58.5 Å². The smallest absolute Gasteiger partial charge is 0.251 e. The van der Waals surface area contributed by atoms with Crippen LogP contribution in [0.3, 0.4) is 0 Å². The molecule has 2 aromatic rings. The fraction of sp³-hybridized carbons (Fsp3) is 0.188. The van der Waals surface area contributed by atoms with Gasteiger partial charge in [0.05, 0.1) is 11.3 Å². The number of hydrogen-bond donors (Lipinski definition) is 2. The lowest BCUT2D eigenvalue weighted by Crippen LogP contribution is -2.25. The van der Waals surface area contributed by atoms with E-state index < -0.39 is 0 Å². The molecule has 108 valence electrons. The Hall–Kier alpha value is -2.22. The van der Waals surface area contributed by atoms with Crippen molar-refractivity contribution in [2.45, 2.75) is 6.42 Å². The van der Waals surface area contributed by atoms with Gasteiger partial charge in [0, 0.05) is 24.1 Å². The molecular weight excluding hydrogens is 290 g/mol. The normalized spacial score (nSPS) is 9.81. The van der Waals surface area contributed by atoms with E-state index >= 15 is 0 Å². The van der Waals surface area contributed by atoms with Crippen LogP contribution in [0, 0.1) is 11.8 Å². The van der Waals surface area contributed by atoms with Crippen molar-refractivity contribution in [3.8, 4) is 11.8 Å². The third-order valence-electron chi connectivity index (χ3n) is 2.77. The van der Waals surface area contributed by atoms with E-state index in [1.165, 1.54) is 0 Å². The first kappa shape index (κ1) is 15.2. The number of aliphatic hydroxyl groups excluding tert-OH is 1. The summed E-state index contributed by atoms with van der Waals surface area (Å²) in [5, 5.41) is 11.8. The van der Waals surface area contributed by atoms with Crippen molar-refractivity contribution in [3.63, 3.8) is 0 Å². The summed E-state index contributed by atoms with van der Waals surface area (Å²) in [6.07, 6.45) is 2.23. The zero-order valence-electron chi connectivity index (χ0n) is 11.2. The van der Waals surface area contributed by atoms with Crippen LogP contribution in [0.25, 0.3) is 0 Å². The first-order valence-electron chi connectivity index (χ1n) is 6.40. The number of benzene rings is 1. The standard InChI is InChI=1S/C16H14ClNO3/c17-15-11-13(6-5-12(15)3-1-9-19)16(20)18-8-7-14-4-2-10-21-14/h2,4-6,10-11,19H,7-9H2,(H,18,20). The van der Waals surface area contributed by atoms with Crippen LogP contribution in [0.2, 0.25) is 5.02 Å². The number of carbonyl (C=O) groups is 1. The van der Waals surface area contributed by atoms with Gasteiger partial charge < -0.3 is 14.8 Å². The molecule has 1 amide bonds. The van der Waals surface area contributed by atoms with E-state index in [2.05, 4.69) is 17.2 Å². The second-order valence-corrected chi connectivity index (χ2v) is 4.65. The predicted octanol–water partition coefficient (Wildman–Crippen LogP) is 2.25. The predicted molar refractivity (Wildman–Crippen MR) is 80.2 cm³/mol. The second-order valence-electron chi connectivity index (χ2n) is 4.24. The third kappa shape index (κ3) is 4.38. The number of furan rings is 1. The minimum absolute atomic E-state index is 0.204. The van der Waals surface area contributed by atoms with E-state index in [0.29, 0.717) is 29.1 Å². The molecule has 0 fully saturated rings. The molecule has 4 nitrogen and oxygen atoms in total. The second kappa shape index (κ2) is 7.53. The molecule has 5 heteroatoms. The number of carbonyl (C=O) groups excluding carboxylic acids is 1. The molecule has 0 radical (unpaired) electrons. The van der Waals surface area contributed by atoms with Gasteiger partial charge in [-0.1, -0.05) is 23.4 Å². The van der Waals surface area contributed by atoms with E-state index in [0.717, 1.165) is 5.76 Å². The minimum atomic E-state index is -0.231. The number of halogens is 1. The SMILES string of the molecule is O=C(NCCc1ccco1)c1ccc(C#CCO)c(Cl)c1. The van der Waals surface area contributed by atoms with Gasteiger partial charge in [-0.2, -0.15) is 0 Å². The van der Waals surface area contributed by atoms with E-state index in [9.17, 15) is 4.79 Å². The van der Waals surface area contributed by atoms with Gasteiger partial charge in [0.15, 0.2) is 0 Å². The largest absolute Gasteiger partial charge is 0.469 e. The topological polar surface area (TPSA) is 62.5 Å². The van der Waals surface area contributed by atoms with Crippen LogP contribution in [0.1, 0.15) is 21.7 Å². The van der Waals surface area contributed by atoms with Gasteiger partial charge in [0.1, 0.15) is 12.4 Å². The van der Waals surface area contributed by atoms with Crippen molar-refractivity contribution < 1.29 is 14.3 Å². The van der Waals surface area contributed by atoms with Crippen LogP contribution in [-0.4, -0.2) is 24.2 Å². The van der Waals surface area contributed by atoms with Gasteiger partial charge in [-0.25, -0.2) is 0 Å². The van der Waals surface area contributed by atoms with Crippen LogP contribution in [0.4, 0.5) is 0 Å². The summed E-state index contributed by atoms with van der Waals surface area (Å²) in [5.41, 5.74) is 1.05. The summed E-state index contributed by atoms with van der Waals surface area (Å²) in [6, 6.07) is 8.54. The summed E-state index contributed by atoms with van der Waals surface area (Å²) in [5.74, 6) is 5.85. The van der Waals surface area contributed by atoms with Crippen LogP contribution in [-0.2, 0) is 6.42 Å². The van der Waals surface area contributed by atoms with Gasteiger partial charge in [-0.3, -0.25) is 4.79 Å². The Kier molecular flexibility index (Phi) is 5.44. The molecule has 1 aromatic carbocycles. The Morgan fingerprint density at radius 3 is 2.90 bits per heavy atom. The fourth-order valence-electron chi connectivity index (χ4n) is 1.75. The van der Waals surface area contributed by atoms with Crippen LogP contribution >= 0.6 is 11.6 Å². The zero-order chi connectivity index (χ0) is 15.1. The summed E-state index contributed by atoms with van der Waals surface area (Å²) in [7, 11) is 0. The molecule has 0 aliphatic heterocycles. The van der Waals surface area contributed by atoms with Crippen molar-refractivity contribution in [1.82, 2.24) is 5.32 Å². The Bertz CT molecular complexity index is 669.